The predicted molar refractivity (Wildman–Crippen MR) is 77.7 cm³/mol. The topological polar surface area (TPSA) is 26.3 Å². The SMILES string of the molecule is CCCc1cc(CCC2CCCO2)ccc1C(C)=O. The number of ketones is 1. The molecule has 0 radical (unpaired) electrons. The lowest BCUT2D eigenvalue weighted by Gasteiger charge is -2.12. The minimum Gasteiger partial charge on any atom is -0.378 e. The quantitative estimate of drug-likeness (QED) is 0.724. The third kappa shape index (κ3) is 3.90. The smallest absolute Gasteiger partial charge is 0.160 e. The van der Waals surface area contributed by atoms with E-state index in [2.05, 4.69) is 19.1 Å². The second kappa shape index (κ2) is 6.85. The Kier molecular flexibility index (Phi) is 5.15. The highest BCUT2D eigenvalue weighted by atomic mass is 16.5. The van der Waals surface area contributed by atoms with Crippen molar-refractivity contribution in [3.63, 3.8) is 0 Å². The van der Waals surface area contributed by atoms with Crippen molar-refractivity contribution < 1.29 is 9.53 Å². The fourth-order valence-corrected chi connectivity index (χ4v) is 2.82. The summed E-state index contributed by atoms with van der Waals surface area (Å²) in [5.74, 6) is 0.175. The van der Waals surface area contributed by atoms with Crippen LogP contribution >= 0.6 is 0 Å². The molecule has 2 heteroatoms. The van der Waals surface area contributed by atoms with Crippen LogP contribution in [-0.4, -0.2) is 18.5 Å². The first-order valence-electron chi connectivity index (χ1n) is 7.45. The lowest BCUT2D eigenvalue weighted by Crippen LogP contribution is -2.07. The van der Waals surface area contributed by atoms with E-state index in [0.29, 0.717) is 6.10 Å². The average molecular weight is 260 g/mol. The van der Waals surface area contributed by atoms with Crippen LogP contribution in [0.5, 0.6) is 0 Å². The van der Waals surface area contributed by atoms with Crippen LogP contribution < -0.4 is 0 Å². The van der Waals surface area contributed by atoms with Crippen molar-refractivity contribution in [3.05, 3.63) is 34.9 Å². The van der Waals surface area contributed by atoms with Gasteiger partial charge in [0.1, 0.15) is 0 Å². The number of rotatable bonds is 6. The number of carbonyl (C=O) groups is 1. The Bertz CT molecular complexity index is 431. The molecule has 2 nitrogen and oxygen atoms in total. The van der Waals surface area contributed by atoms with Gasteiger partial charge in [-0.2, -0.15) is 0 Å². The molecule has 1 aliphatic heterocycles. The van der Waals surface area contributed by atoms with Crippen LogP contribution in [0.3, 0.4) is 0 Å². The van der Waals surface area contributed by atoms with Gasteiger partial charge in [-0.1, -0.05) is 31.5 Å². The number of benzene rings is 1. The third-order valence-electron chi connectivity index (χ3n) is 3.85. The molecule has 0 amide bonds. The van der Waals surface area contributed by atoms with Gasteiger partial charge in [0.25, 0.3) is 0 Å². The highest BCUT2D eigenvalue weighted by Crippen LogP contribution is 2.20. The maximum absolute atomic E-state index is 11.6. The number of hydrogen-bond acceptors (Lipinski definition) is 2. The lowest BCUT2D eigenvalue weighted by atomic mass is 9.95. The van der Waals surface area contributed by atoms with Crippen LogP contribution in [0.4, 0.5) is 0 Å². The number of ether oxygens (including phenoxy) is 1. The molecule has 1 fully saturated rings. The van der Waals surface area contributed by atoms with Gasteiger partial charge in [0.2, 0.25) is 0 Å². The predicted octanol–water partition coefficient (Wildman–Crippen LogP) is 3.95. The molecule has 19 heavy (non-hydrogen) atoms. The first-order chi connectivity index (χ1) is 9.20. The molecular formula is C17H24O2. The number of aryl methyl sites for hydroxylation is 2. The summed E-state index contributed by atoms with van der Waals surface area (Å²) in [7, 11) is 0. The minimum atomic E-state index is 0.175. The van der Waals surface area contributed by atoms with Gasteiger partial charge in [0.05, 0.1) is 6.10 Å². The van der Waals surface area contributed by atoms with E-state index in [1.165, 1.54) is 24.0 Å². The highest BCUT2D eigenvalue weighted by Gasteiger charge is 2.15. The zero-order chi connectivity index (χ0) is 13.7. The Morgan fingerprint density at radius 2 is 2.21 bits per heavy atom. The molecule has 2 rings (SSSR count). The van der Waals surface area contributed by atoms with Gasteiger partial charge in [0, 0.05) is 12.2 Å². The van der Waals surface area contributed by atoms with Crippen LogP contribution in [0, 0.1) is 0 Å². The van der Waals surface area contributed by atoms with Crippen LogP contribution in [0.15, 0.2) is 18.2 Å². The second-order valence-electron chi connectivity index (χ2n) is 5.47. The third-order valence-corrected chi connectivity index (χ3v) is 3.85. The summed E-state index contributed by atoms with van der Waals surface area (Å²) in [6.45, 7) is 4.73. The molecule has 1 aliphatic rings. The Morgan fingerprint density at radius 1 is 1.37 bits per heavy atom. The van der Waals surface area contributed by atoms with Crippen LogP contribution in [0.25, 0.3) is 0 Å². The van der Waals surface area contributed by atoms with E-state index in [9.17, 15) is 4.79 Å². The first kappa shape index (κ1) is 14.3. The van der Waals surface area contributed by atoms with Crippen LogP contribution in [0.2, 0.25) is 0 Å². The van der Waals surface area contributed by atoms with Crippen molar-refractivity contribution in [2.24, 2.45) is 0 Å². The normalized spacial score (nSPS) is 18.7. The van der Waals surface area contributed by atoms with E-state index < -0.39 is 0 Å². The molecule has 1 saturated heterocycles. The van der Waals surface area contributed by atoms with Crippen molar-refractivity contribution in [2.45, 2.75) is 58.5 Å². The molecule has 1 aromatic carbocycles. The van der Waals surface area contributed by atoms with E-state index in [1.807, 2.05) is 6.07 Å². The van der Waals surface area contributed by atoms with Crippen molar-refractivity contribution in [3.8, 4) is 0 Å². The Hall–Kier alpha value is -1.15. The van der Waals surface area contributed by atoms with Crippen molar-refractivity contribution in [1.29, 1.82) is 0 Å². The van der Waals surface area contributed by atoms with Crippen molar-refractivity contribution in [2.75, 3.05) is 6.61 Å². The summed E-state index contributed by atoms with van der Waals surface area (Å²) in [6.07, 6.45) is 7.08. The van der Waals surface area contributed by atoms with Gasteiger partial charge in [-0.15, -0.1) is 0 Å². The minimum absolute atomic E-state index is 0.175. The summed E-state index contributed by atoms with van der Waals surface area (Å²) in [6, 6.07) is 6.32. The maximum atomic E-state index is 11.6. The van der Waals surface area contributed by atoms with E-state index in [1.54, 1.807) is 6.92 Å². The monoisotopic (exact) mass is 260 g/mol. The molecule has 1 heterocycles. The molecule has 0 bridgehead atoms. The fraction of sp³-hybridized carbons (Fsp3) is 0.588. The highest BCUT2D eigenvalue weighted by molar-refractivity contribution is 5.95. The largest absolute Gasteiger partial charge is 0.378 e. The molecule has 1 unspecified atom stereocenters. The van der Waals surface area contributed by atoms with E-state index in [-0.39, 0.29) is 5.78 Å². The summed E-state index contributed by atoms with van der Waals surface area (Å²) < 4.78 is 5.66. The van der Waals surface area contributed by atoms with Gasteiger partial charge in [-0.3, -0.25) is 4.79 Å². The molecule has 0 spiro atoms. The van der Waals surface area contributed by atoms with Gasteiger partial charge in [-0.05, 0) is 50.2 Å². The molecule has 0 aliphatic carbocycles. The molecule has 0 N–H and O–H groups in total. The molecular weight excluding hydrogens is 236 g/mol. The zero-order valence-corrected chi connectivity index (χ0v) is 12.1. The number of carbonyl (C=O) groups excluding carboxylic acids is 1. The summed E-state index contributed by atoms with van der Waals surface area (Å²) in [4.78, 5) is 11.6. The maximum Gasteiger partial charge on any atom is 0.160 e. The molecule has 1 aromatic rings. The summed E-state index contributed by atoms with van der Waals surface area (Å²) in [5.41, 5.74) is 3.44. The second-order valence-corrected chi connectivity index (χ2v) is 5.47. The molecule has 0 saturated carbocycles. The molecule has 0 aromatic heterocycles. The molecule has 104 valence electrons. The zero-order valence-electron chi connectivity index (χ0n) is 12.1. The Labute approximate surface area is 116 Å². The Morgan fingerprint density at radius 3 is 2.84 bits per heavy atom. The summed E-state index contributed by atoms with van der Waals surface area (Å²) in [5, 5.41) is 0. The first-order valence-corrected chi connectivity index (χ1v) is 7.45. The van der Waals surface area contributed by atoms with Crippen molar-refractivity contribution >= 4 is 5.78 Å². The number of Topliss-reactive ketones (excluding diaryl/α,β-unsaturated/α-hetero) is 1. The Balaban J connectivity index is 2.04. The fourth-order valence-electron chi connectivity index (χ4n) is 2.82. The van der Waals surface area contributed by atoms with Gasteiger partial charge in [-0.25, -0.2) is 0 Å². The lowest BCUT2D eigenvalue weighted by molar-refractivity contribution is 0.101. The van der Waals surface area contributed by atoms with E-state index in [0.717, 1.165) is 37.9 Å². The van der Waals surface area contributed by atoms with Gasteiger partial charge < -0.3 is 4.74 Å². The van der Waals surface area contributed by atoms with Crippen molar-refractivity contribution in [1.82, 2.24) is 0 Å². The standard InChI is InChI=1S/C17H24O2/c1-3-5-15-12-14(8-10-17(15)13(2)18)7-9-16-6-4-11-19-16/h8,10,12,16H,3-7,9,11H2,1-2H3. The molecule has 1 atom stereocenters. The summed E-state index contributed by atoms with van der Waals surface area (Å²) >= 11 is 0. The van der Waals surface area contributed by atoms with Gasteiger partial charge in [0.15, 0.2) is 5.78 Å². The van der Waals surface area contributed by atoms with Crippen LogP contribution in [-0.2, 0) is 17.6 Å². The van der Waals surface area contributed by atoms with E-state index in [4.69, 9.17) is 4.74 Å². The average Bonchev–Trinajstić information content (AvgIpc) is 2.90. The van der Waals surface area contributed by atoms with E-state index >= 15 is 0 Å². The number of hydrogen-bond donors (Lipinski definition) is 0. The van der Waals surface area contributed by atoms with Gasteiger partial charge >= 0.3 is 0 Å². The van der Waals surface area contributed by atoms with Crippen LogP contribution in [0.1, 0.15) is 61.0 Å².